The van der Waals surface area contributed by atoms with Crippen molar-refractivity contribution in [1.82, 2.24) is 0 Å². The molecular weight excluding hydrogens is 312 g/mol. The Labute approximate surface area is 140 Å². The van der Waals surface area contributed by atoms with Crippen LogP contribution in [0.4, 0.5) is 0 Å². The summed E-state index contributed by atoms with van der Waals surface area (Å²) in [6.07, 6.45) is 0. The number of carbonyl (C=O) groups excluding carboxylic acids is 3. The second kappa shape index (κ2) is 7.92. The van der Waals surface area contributed by atoms with Crippen molar-refractivity contribution < 1.29 is 28.6 Å². The zero-order chi connectivity index (χ0) is 18.4. The Morgan fingerprint density at radius 2 is 0.833 bits per heavy atom. The van der Waals surface area contributed by atoms with E-state index >= 15 is 0 Å². The third kappa shape index (κ3) is 5.57. The third-order valence-corrected chi connectivity index (χ3v) is 2.44. The molecule has 0 saturated heterocycles. The van der Waals surface area contributed by atoms with Crippen LogP contribution < -0.4 is 0 Å². The van der Waals surface area contributed by atoms with Gasteiger partial charge in [-0.2, -0.15) is 0 Å². The highest BCUT2D eigenvalue weighted by Crippen LogP contribution is 2.17. The van der Waals surface area contributed by atoms with Gasteiger partial charge in [-0.1, -0.05) is 19.7 Å². The van der Waals surface area contributed by atoms with Crippen LogP contribution in [0.3, 0.4) is 0 Å². The lowest BCUT2D eigenvalue weighted by atomic mass is 10.1. The molecule has 1 aromatic carbocycles. The van der Waals surface area contributed by atoms with Gasteiger partial charge in [0.15, 0.2) is 0 Å². The van der Waals surface area contributed by atoms with Gasteiger partial charge in [-0.05, 0) is 39.0 Å². The lowest BCUT2D eigenvalue weighted by molar-refractivity contribution is 0.0627. The zero-order valence-corrected chi connectivity index (χ0v) is 13.8. The molecule has 0 spiro atoms. The molecule has 0 unspecified atom stereocenters. The molecule has 0 aliphatic carbocycles. The van der Waals surface area contributed by atoms with Crippen LogP contribution in [0.25, 0.3) is 0 Å². The Bertz CT molecular complexity index is 630. The molecule has 0 radical (unpaired) electrons. The normalized spacial score (nSPS) is 9.62. The molecule has 0 amide bonds. The van der Waals surface area contributed by atoms with E-state index in [9.17, 15) is 14.4 Å². The molecule has 1 aromatic rings. The summed E-state index contributed by atoms with van der Waals surface area (Å²) < 4.78 is 14.7. The molecule has 0 heterocycles. The molecule has 0 N–H and O–H groups in total. The van der Waals surface area contributed by atoms with Crippen molar-refractivity contribution in [1.29, 1.82) is 0 Å². The molecule has 0 aliphatic heterocycles. The van der Waals surface area contributed by atoms with E-state index in [4.69, 9.17) is 14.2 Å². The standard InChI is InChI=1S/C18H18O6/c1-10(2)22-16(19)13-7-14(17(20)23-11(3)4)9-15(8-13)18(21)24-12(5)6/h7-9H,1,3,5H2,2,4,6H3. The van der Waals surface area contributed by atoms with E-state index in [1.54, 1.807) is 0 Å². The summed E-state index contributed by atoms with van der Waals surface area (Å²) in [7, 11) is 0. The Morgan fingerprint density at radius 3 is 1.00 bits per heavy atom. The quantitative estimate of drug-likeness (QED) is 0.449. The average molecular weight is 330 g/mol. The van der Waals surface area contributed by atoms with Gasteiger partial charge in [-0.3, -0.25) is 0 Å². The van der Waals surface area contributed by atoms with Crippen molar-refractivity contribution >= 4 is 17.9 Å². The van der Waals surface area contributed by atoms with Crippen LogP contribution in [0.5, 0.6) is 0 Å². The molecule has 126 valence electrons. The second-order valence-corrected chi connectivity index (χ2v) is 5.07. The van der Waals surface area contributed by atoms with Crippen molar-refractivity contribution in [3.8, 4) is 0 Å². The number of esters is 3. The smallest absolute Gasteiger partial charge is 0.343 e. The summed E-state index contributed by atoms with van der Waals surface area (Å²) in [6.45, 7) is 14.9. The molecule has 0 atom stereocenters. The summed E-state index contributed by atoms with van der Waals surface area (Å²) in [5.41, 5.74) is -0.0755. The number of benzene rings is 1. The first-order valence-corrected chi connectivity index (χ1v) is 6.88. The van der Waals surface area contributed by atoms with Crippen molar-refractivity contribution in [3.05, 3.63) is 71.9 Å². The van der Waals surface area contributed by atoms with Gasteiger partial charge in [0.05, 0.1) is 34.0 Å². The largest absolute Gasteiger partial charge is 0.428 e. The van der Waals surface area contributed by atoms with E-state index in [0.29, 0.717) is 0 Å². The minimum Gasteiger partial charge on any atom is -0.428 e. The number of hydrogen-bond acceptors (Lipinski definition) is 6. The third-order valence-electron chi connectivity index (χ3n) is 2.44. The summed E-state index contributed by atoms with van der Waals surface area (Å²) in [4.78, 5) is 36.1. The number of ether oxygens (including phenoxy) is 3. The maximum atomic E-state index is 12.0. The predicted octanol–water partition coefficient (Wildman–Crippen LogP) is 3.76. The fraction of sp³-hybridized carbons (Fsp3) is 0.167. The minimum atomic E-state index is -0.767. The maximum Gasteiger partial charge on any atom is 0.343 e. The Morgan fingerprint density at radius 1 is 0.625 bits per heavy atom. The van der Waals surface area contributed by atoms with Gasteiger partial charge in [0, 0.05) is 0 Å². The van der Waals surface area contributed by atoms with Crippen molar-refractivity contribution in [2.45, 2.75) is 20.8 Å². The Hall–Kier alpha value is -3.15. The predicted molar refractivity (Wildman–Crippen MR) is 87.1 cm³/mol. The molecule has 0 bridgehead atoms. The lowest BCUT2D eigenvalue weighted by Crippen LogP contribution is -2.12. The number of hydrogen-bond donors (Lipinski definition) is 0. The van der Waals surface area contributed by atoms with Gasteiger partial charge in [-0.25, -0.2) is 14.4 Å². The van der Waals surface area contributed by atoms with Crippen LogP contribution in [0, 0.1) is 0 Å². The van der Waals surface area contributed by atoms with Gasteiger partial charge >= 0.3 is 17.9 Å². The van der Waals surface area contributed by atoms with E-state index in [1.165, 1.54) is 39.0 Å². The monoisotopic (exact) mass is 330 g/mol. The van der Waals surface area contributed by atoms with E-state index in [1.807, 2.05) is 0 Å². The summed E-state index contributed by atoms with van der Waals surface area (Å²) in [6, 6.07) is 3.73. The second-order valence-electron chi connectivity index (χ2n) is 5.07. The lowest BCUT2D eigenvalue weighted by Gasteiger charge is -2.09. The van der Waals surface area contributed by atoms with E-state index in [0.717, 1.165) is 0 Å². The van der Waals surface area contributed by atoms with Gasteiger partial charge in [-0.15, -0.1) is 0 Å². The van der Waals surface area contributed by atoms with E-state index in [2.05, 4.69) is 19.7 Å². The van der Waals surface area contributed by atoms with Crippen molar-refractivity contribution in [3.63, 3.8) is 0 Å². The van der Waals surface area contributed by atoms with Crippen molar-refractivity contribution in [2.75, 3.05) is 0 Å². The minimum absolute atomic E-state index is 0.0252. The highest BCUT2D eigenvalue weighted by atomic mass is 16.5. The first-order valence-electron chi connectivity index (χ1n) is 6.88. The fourth-order valence-electron chi connectivity index (χ4n) is 1.63. The molecule has 6 nitrogen and oxygen atoms in total. The molecule has 0 aliphatic rings. The highest BCUT2D eigenvalue weighted by Gasteiger charge is 2.19. The van der Waals surface area contributed by atoms with Gasteiger partial charge in [0.1, 0.15) is 0 Å². The summed E-state index contributed by atoms with van der Waals surface area (Å²) in [5.74, 6) is -1.80. The Kier molecular flexibility index (Phi) is 6.23. The zero-order valence-electron chi connectivity index (χ0n) is 13.8. The molecule has 6 heteroatoms. The molecule has 0 saturated carbocycles. The first kappa shape index (κ1) is 18.9. The van der Waals surface area contributed by atoms with Crippen LogP contribution in [-0.4, -0.2) is 17.9 Å². The highest BCUT2D eigenvalue weighted by molar-refractivity contribution is 6.01. The number of allylic oxidation sites excluding steroid dienone is 3. The number of rotatable bonds is 6. The van der Waals surface area contributed by atoms with Crippen LogP contribution in [-0.2, 0) is 14.2 Å². The maximum absolute atomic E-state index is 12.0. The van der Waals surface area contributed by atoms with Crippen LogP contribution in [0.1, 0.15) is 51.8 Å². The molecule has 24 heavy (non-hydrogen) atoms. The van der Waals surface area contributed by atoms with Gasteiger partial charge in [0.2, 0.25) is 0 Å². The van der Waals surface area contributed by atoms with E-state index in [-0.39, 0.29) is 34.0 Å². The first-order chi connectivity index (χ1) is 11.1. The number of carbonyl (C=O) groups is 3. The molecule has 0 aromatic heterocycles. The average Bonchev–Trinajstić information content (AvgIpc) is 2.44. The van der Waals surface area contributed by atoms with Crippen LogP contribution >= 0.6 is 0 Å². The summed E-state index contributed by atoms with van der Waals surface area (Å²) >= 11 is 0. The molecule has 0 fully saturated rings. The Balaban J connectivity index is 3.32. The van der Waals surface area contributed by atoms with Gasteiger partial charge in [0.25, 0.3) is 0 Å². The van der Waals surface area contributed by atoms with E-state index < -0.39 is 17.9 Å². The van der Waals surface area contributed by atoms with Crippen molar-refractivity contribution in [2.24, 2.45) is 0 Å². The van der Waals surface area contributed by atoms with Gasteiger partial charge < -0.3 is 14.2 Å². The molecule has 1 rings (SSSR count). The molecular formula is C18H18O6. The fourth-order valence-corrected chi connectivity index (χ4v) is 1.63. The SMILES string of the molecule is C=C(C)OC(=O)c1cc(C(=O)OC(=C)C)cc(C(=O)OC(=C)C)c1. The topological polar surface area (TPSA) is 78.9 Å². The van der Waals surface area contributed by atoms with Crippen LogP contribution in [0.15, 0.2) is 55.2 Å². The van der Waals surface area contributed by atoms with Crippen LogP contribution in [0.2, 0.25) is 0 Å². The summed E-state index contributed by atoms with van der Waals surface area (Å²) in [5, 5.41) is 0.